The third-order valence-electron chi connectivity index (χ3n) is 3.13. The van der Waals surface area contributed by atoms with Gasteiger partial charge in [0.25, 0.3) is 0 Å². The Morgan fingerprint density at radius 2 is 2.06 bits per heavy atom. The number of esters is 1. The molecule has 92 valence electrons. The van der Waals surface area contributed by atoms with Crippen molar-refractivity contribution in [3.8, 4) is 0 Å². The second-order valence-corrected chi connectivity index (χ2v) is 4.22. The summed E-state index contributed by atoms with van der Waals surface area (Å²) in [4.78, 5) is 10.6. The molecule has 0 aromatic rings. The summed E-state index contributed by atoms with van der Waals surface area (Å²) in [6.45, 7) is 0. The molecule has 0 spiro atoms. The molecule has 0 amide bonds. The summed E-state index contributed by atoms with van der Waals surface area (Å²) < 4.78 is 40.0. The summed E-state index contributed by atoms with van der Waals surface area (Å²) in [7, 11) is 0. The highest BCUT2D eigenvalue weighted by Gasteiger charge is 2.47. The van der Waals surface area contributed by atoms with E-state index in [0.717, 1.165) is 6.42 Å². The molecule has 2 N–H and O–H groups in total. The van der Waals surface area contributed by atoms with Gasteiger partial charge in [-0.1, -0.05) is 0 Å². The zero-order valence-electron chi connectivity index (χ0n) is 8.33. The van der Waals surface area contributed by atoms with Crippen LogP contribution in [0.3, 0.4) is 0 Å². The van der Waals surface area contributed by atoms with E-state index < -0.39 is 24.5 Å². The van der Waals surface area contributed by atoms with Gasteiger partial charge in [-0.15, -0.1) is 0 Å². The first-order valence-corrected chi connectivity index (χ1v) is 5.10. The van der Waals surface area contributed by atoms with E-state index in [2.05, 4.69) is 10.1 Å². The SMILES string of the molecule is O=C(OC1CC2CCC(O)C2N1)C(F)(F)F. The van der Waals surface area contributed by atoms with Gasteiger partial charge in [0.1, 0.15) is 0 Å². The van der Waals surface area contributed by atoms with Crippen molar-refractivity contribution in [1.29, 1.82) is 0 Å². The van der Waals surface area contributed by atoms with Gasteiger partial charge in [0, 0.05) is 12.5 Å². The maximum atomic E-state index is 11.9. The number of ether oxygens (including phenoxy) is 1. The first-order chi connectivity index (χ1) is 7.38. The van der Waals surface area contributed by atoms with Crippen LogP contribution in [0.25, 0.3) is 0 Å². The van der Waals surface area contributed by atoms with Gasteiger partial charge in [-0.3, -0.25) is 5.32 Å². The zero-order valence-corrected chi connectivity index (χ0v) is 8.33. The predicted octanol–water partition coefficient (Wildman–Crippen LogP) is 0.551. The summed E-state index contributed by atoms with van der Waals surface area (Å²) >= 11 is 0. The Hall–Kier alpha value is -0.820. The lowest BCUT2D eigenvalue weighted by Crippen LogP contribution is -2.41. The molecule has 4 unspecified atom stereocenters. The van der Waals surface area contributed by atoms with Crippen molar-refractivity contribution in [2.75, 3.05) is 0 Å². The minimum atomic E-state index is -4.96. The Morgan fingerprint density at radius 3 is 2.62 bits per heavy atom. The molecule has 1 aliphatic heterocycles. The molecular formula is C9H12F3NO3. The van der Waals surface area contributed by atoms with E-state index in [-0.39, 0.29) is 12.0 Å². The summed E-state index contributed by atoms with van der Waals surface area (Å²) in [5.41, 5.74) is 0. The summed E-state index contributed by atoms with van der Waals surface area (Å²) in [5.74, 6) is -2.08. The number of carbonyl (C=O) groups is 1. The topological polar surface area (TPSA) is 58.6 Å². The molecule has 2 rings (SSSR count). The number of fused-ring (bicyclic) bond motifs is 1. The quantitative estimate of drug-likeness (QED) is 0.656. The van der Waals surface area contributed by atoms with Gasteiger partial charge < -0.3 is 9.84 Å². The van der Waals surface area contributed by atoms with E-state index in [1.54, 1.807) is 0 Å². The van der Waals surface area contributed by atoms with Gasteiger partial charge in [-0.05, 0) is 18.8 Å². The number of hydrogen-bond acceptors (Lipinski definition) is 4. The van der Waals surface area contributed by atoms with Gasteiger partial charge in [-0.25, -0.2) is 4.79 Å². The van der Waals surface area contributed by atoms with E-state index in [4.69, 9.17) is 0 Å². The number of aliphatic hydroxyl groups excluding tert-OH is 1. The highest BCUT2D eigenvalue weighted by Crippen LogP contribution is 2.35. The Labute approximate surface area is 89.8 Å². The van der Waals surface area contributed by atoms with Crippen LogP contribution in [-0.2, 0) is 9.53 Å². The molecule has 0 radical (unpaired) electrons. The van der Waals surface area contributed by atoms with Gasteiger partial charge in [-0.2, -0.15) is 13.2 Å². The van der Waals surface area contributed by atoms with Crippen LogP contribution < -0.4 is 5.32 Å². The lowest BCUT2D eigenvalue weighted by molar-refractivity contribution is -0.205. The Kier molecular flexibility index (Phi) is 2.83. The van der Waals surface area contributed by atoms with Gasteiger partial charge >= 0.3 is 12.1 Å². The Balaban J connectivity index is 1.88. The van der Waals surface area contributed by atoms with Crippen LogP contribution in [0.1, 0.15) is 19.3 Å². The van der Waals surface area contributed by atoms with Crippen molar-refractivity contribution < 1.29 is 27.8 Å². The first kappa shape index (κ1) is 11.7. The Morgan fingerprint density at radius 1 is 1.38 bits per heavy atom. The molecule has 1 saturated heterocycles. The predicted molar refractivity (Wildman–Crippen MR) is 46.2 cm³/mol. The molecule has 2 aliphatic rings. The smallest absolute Gasteiger partial charge is 0.440 e. The van der Waals surface area contributed by atoms with E-state index in [1.807, 2.05) is 0 Å². The second kappa shape index (κ2) is 3.89. The number of nitrogens with one attached hydrogen (secondary N) is 1. The highest BCUT2D eigenvalue weighted by atomic mass is 19.4. The van der Waals surface area contributed by atoms with Crippen LogP contribution in [-0.4, -0.2) is 35.6 Å². The number of rotatable bonds is 1. The fourth-order valence-electron chi connectivity index (χ4n) is 2.41. The largest absolute Gasteiger partial charge is 0.490 e. The van der Waals surface area contributed by atoms with Gasteiger partial charge in [0.15, 0.2) is 6.23 Å². The van der Waals surface area contributed by atoms with E-state index in [9.17, 15) is 23.1 Å². The molecule has 0 bridgehead atoms. The lowest BCUT2D eigenvalue weighted by Gasteiger charge is -2.17. The van der Waals surface area contributed by atoms with Gasteiger partial charge in [0.2, 0.25) is 0 Å². The van der Waals surface area contributed by atoms with Crippen molar-refractivity contribution in [2.45, 2.75) is 43.8 Å². The normalized spacial score (nSPS) is 38.5. The molecular weight excluding hydrogens is 227 g/mol. The molecule has 16 heavy (non-hydrogen) atoms. The van der Waals surface area contributed by atoms with Crippen LogP contribution in [0.2, 0.25) is 0 Å². The maximum Gasteiger partial charge on any atom is 0.490 e. The zero-order chi connectivity index (χ0) is 11.9. The standard InChI is InChI=1S/C9H12F3NO3/c10-9(11,12)8(15)16-6-3-4-1-2-5(14)7(4)13-6/h4-7,13-14H,1-3H2. The number of alkyl halides is 3. The van der Waals surface area contributed by atoms with Crippen LogP contribution >= 0.6 is 0 Å². The fraction of sp³-hybridized carbons (Fsp3) is 0.889. The highest BCUT2D eigenvalue weighted by molar-refractivity contribution is 5.75. The van der Waals surface area contributed by atoms with Crippen LogP contribution in [0, 0.1) is 5.92 Å². The molecule has 7 heteroatoms. The Bertz CT molecular complexity index is 294. The average molecular weight is 239 g/mol. The monoisotopic (exact) mass is 239 g/mol. The third kappa shape index (κ3) is 2.15. The molecule has 4 atom stereocenters. The maximum absolute atomic E-state index is 11.9. The first-order valence-electron chi connectivity index (χ1n) is 5.10. The van der Waals surface area contributed by atoms with Crippen LogP contribution in [0.5, 0.6) is 0 Å². The van der Waals surface area contributed by atoms with E-state index >= 15 is 0 Å². The van der Waals surface area contributed by atoms with Crippen LogP contribution in [0.15, 0.2) is 0 Å². The number of halogens is 3. The van der Waals surface area contributed by atoms with Gasteiger partial charge in [0.05, 0.1) is 6.10 Å². The van der Waals surface area contributed by atoms with E-state index in [1.165, 1.54) is 0 Å². The number of hydrogen-bond donors (Lipinski definition) is 2. The fourth-order valence-corrected chi connectivity index (χ4v) is 2.41. The third-order valence-corrected chi connectivity index (χ3v) is 3.13. The second-order valence-electron chi connectivity index (χ2n) is 4.22. The molecule has 1 heterocycles. The van der Waals surface area contributed by atoms with Crippen molar-refractivity contribution >= 4 is 5.97 Å². The van der Waals surface area contributed by atoms with Crippen molar-refractivity contribution in [1.82, 2.24) is 5.32 Å². The molecule has 0 aromatic carbocycles. The van der Waals surface area contributed by atoms with Crippen LogP contribution in [0.4, 0.5) is 13.2 Å². The summed E-state index contributed by atoms with van der Waals surface area (Å²) in [5, 5.41) is 12.2. The molecule has 4 nitrogen and oxygen atoms in total. The minimum absolute atomic E-state index is 0.0982. The van der Waals surface area contributed by atoms with Crippen molar-refractivity contribution in [3.63, 3.8) is 0 Å². The molecule has 1 aliphatic carbocycles. The molecule has 1 saturated carbocycles. The van der Waals surface area contributed by atoms with Crippen molar-refractivity contribution in [3.05, 3.63) is 0 Å². The number of aliphatic hydroxyl groups is 1. The van der Waals surface area contributed by atoms with E-state index in [0.29, 0.717) is 12.8 Å². The summed E-state index contributed by atoms with van der Waals surface area (Å²) in [6.07, 6.45) is -4.72. The molecule has 2 fully saturated rings. The summed E-state index contributed by atoms with van der Waals surface area (Å²) in [6, 6.07) is -0.244. The average Bonchev–Trinajstić information content (AvgIpc) is 2.67. The number of carbonyl (C=O) groups excluding carboxylic acids is 1. The van der Waals surface area contributed by atoms with Crippen molar-refractivity contribution in [2.24, 2.45) is 5.92 Å². The molecule has 0 aromatic heterocycles. The minimum Gasteiger partial charge on any atom is -0.440 e. The lowest BCUT2D eigenvalue weighted by atomic mass is 10.0.